The molecule has 4 rings (SSSR count). The number of benzene rings is 3. The Kier molecular flexibility index (Phi) is 6.13. The minimum Gasteiger partial charge on any atom is -0.322 e. The molecule has 0 spiro atoms. The first-order valence-electron chi connectivity index (χ1n) is 9.75. The lowest BCUT2D eigenvalue weighted by Crippen LogP contribution is -2.11. The summed E-state index contributed by atoms with van der Waals surface area (Å²) in [7, 11) is 1.94. The van der Waals surface area contributed by atoms with Gasteiger partial charge < -0.3 is 9.88 Å². The average Bonchev–Trinajstić information content (AvgIpc) is 3.13. The van der Waals surface area contributed by atoms with Crippen molar-refractivity contribution in [3.8, 4) is 11.4 Å². The van der Waals surface area contributed by atoms with E-state index in [9.17, 15) is 9.18 Å². The smallest absolute Gasteiger partial charge is 0.255 e. The fourth-order valence-corrected chi connectivity index (χ4v) is 4.00. The van der Waals surface area contributed by atoms with Crippen LogP contribution in [-0.2, 0) is 12.8 Å². The lowest BCUT2D eigenvalue weighted by molar-refractivity contribution is 0.102. The first-order valence-corrected chi connectivity index (χ1v) is 10.7. The molecule has 0 saturated heterocycles. The summed E-state index contributed by atoms with van der Waals surface area (Å²) < 4.78 is 15.0. The molecule has 0 aliphatic carbocycles. The Morgan fingerprint density at radius 1 is 1.03 bits per heavy atom. The van der Waals surface area contributed by atoms with Gasteiger partial charge >= 0.3 is 0 Å². The van der Waals surface area contributed by atoms with Crippen molar-refractivity contribution in [2.24, 2.45) is 7.05 Å². The van der Waals surface area contributed by atoms with Crippen molar-refractivity contribution in [2.75, 3.05) is 5.32 Å². The first-order chi connectivity index (χ1) is 15.0. The normalized spacial score (nSPS) is 10.8. The Labute approximate surface area is 184 Å². The molecule has 3 aromatic carbocycles. The second-order valence-electron chi connectivity index (χ2n) is 7.18. The molecule has 5 nitrogen and oxygen atoms in total. The minimum absolute atomic E-state index is 0.291. The van der Waals surface area contributed by atoms with Crippen LogP contribution in [0, 0.1) is 12.7 Å². The van der Waals surface area contributed by atoms with Crippen molar-refractivity contribution < 1.29 is 9.18 Å². The molecule has 0 unspecified atom stereocenters. The van der Waals surface area contributed by atoms with Gasteiger partial charge in [0.05, 0.1) is 0 Å². The molecule has 0 fully saturated rings. The molecule has 0 atom stereocenters. The summed E-state index contributed by atoms with van der Waals surface area (Å²) in [6.45, 7) is 2.08. The van der Waals surface area contributed by atoms with Gasteiger partial charge in [0, 0.05) is 29.6 Å². The highest BCUT2D eigenvalue weighted by Gasteiger charge is 2.12. The van der Waals surface area contributed by atoms with Crippen LogP contribution in [0.2, 0.25) is 0 Å². The van der Waals surface area contributed by atoms with E-state index in [0.717, 1.165) is 22.3 Å². The maximum absolute atomic E-state index is 13.0. The molecular weight excluding hydrogens is 411 g/mol. The van der Waals surface area contributed by atoms with Crippen LogP contribution in [0.5, 0.6) is 0 Å². The molecule has 1 N–H and O–H groups in total. The maximum atomic E-state index is 13.0. The zero-order valence-corrected chi connectivity index (χ0v) is 18.0. The average molecular weight is 433 g/mol. The predicted octanol–water partition coefficient (Wildman–Crippen LogP) is 5.47. The highest BCUT2D eigenvalue weighted by atomic mass is 32.2. The number of hydrogen-bond donors (Lipinski definition) is 1. The molecule has 4 aromatic rings. The summed E-state index contributed by atoms with van der Waals surface area (Å²) in [5.41, 5.74) is 4.43. The fraction of sp³-hybridized carbons (Fsp3) is 0.125. The van der Waals surface area contributed by atoms with Gasteiger partial charge in [0.2, 0.25) is 0 Å². The number of carbonyl (C=O) groups is 1. The lowest BCUT2D eigenvalue weighted by atomic mass is 10.1. The number of aryl methyl sites for hydroxylation is 1. The van der Waals surface area contributed by atoms with Crippen LogP contribution in [0.15, 0.2) is 78.0 Å². The molecule has 0 saturated carbocycles. The summed E-state index contributed by atoms with van der Waals surface area (Å²) >= 11 is 1.64. The zero-order valence-electron chi connectivity index (χ0n) is 17.2. The monoisotopic (exact) mass is 432 g/mol. The molecule has 156 valence electrons. The van der Waals surface area contributed by atoms with Crippen molar-refractivity contribution in [1.82, 2.24) is 14.8 Å². The molecule has 0 bridgehead atoms. The highest BCUT2D eigenvalue weighted by molar-refractivity contribution is 7.98. The summed E-state index contributed by atoms with van der Waals surface area (Å²) in [5.74, 6) is 0.910. The van der Waals surface area contributed by atoms with E-state index in [2.05, 4.69) is 46.7 Å². The number of hydrogen-bond acceptors (Lipinski definition) is 4. The standard InChI is InChI=1S/C24H21FN4OS/c1-16-4-3-5-17(14-16)15-31-24-28-27-22(29(24)2)18-8-12-21(13-9-18)26-23(30)19-6-10-20(25)11-7-19/h3-14H,15H2,1-2H3,(H,26,30). The quantitative estimate of drug-likeness (QED) is 0.410. The van der Waals surface area contributed by atoms with Gasteiger partial charge in [0.25, 0.3) is 5.91 Å². The fourth-order valence-electron chi connectivity index (χ4n) is 3.15. The van der Waals surface area contributed by atoms with Gasteiger partial charge in [-0.1, -0.05) is 41.6 Å². The van der Waals surface area contributed by atoms with Gasteiger partial charge in [0.1, 0.15) is 5.82 Å². The van der Waals surface area contributed by atoms with Gasteiger partial charge in [-0.15, -0.1) is 10.2 Å². The number of nitrogens with zero attached hydrogens (tertiary/aromatic N) is 3. The summed E-state index contributed by atoms with van der Waals surface area (Å²) in [4.78, 5) is 12.3. The molecule has 0 aliphatic heterocycles. The summed E-state index contributed by atoms with van der Waals surface area (Å²) in [5, 5.41) is 12.3. The van der Waals surface area contributed by atoms with Gasteiger partial charge in [-0.3, -0.25) is 4.79 Å². The van der Waals surface area contributed by atoms with Crippen LogP contribution < -0.4 is 5.32 Å². The Morgan fingerprint density at radius 3 is 2.48 bits per heavy atom. The van der Waals surface area contributed by atoms with E-state index < -0.39 is 0 Å². The molecule has 7 heteroatoms. The summed E-state index contributed by atoms with van der Waals surface area (Å²) in [6.07, 6.45) is 0. The van der Waals surface area contributed by atoms with Crippen LogP contribution in [0.3, 0.4) is 0 Å². The molecule has 0 radical (unpaired) electrons. The van der Waals surface area contributed by atoms with Crippen LogP contribution in [0.1, 0.15) is 21.5 Å². The van der Waals surface area contributed by atoms with E-state index in [4.69, 9.17) is 0 Å². The summed E-state index contributed by atoms with van der Waals surface area (Å²) in [6, 6.07) is 21.3. The highest BCUT2D eigenvalue weighted by Crippen LogP contribution is 2.26. The van der Waals surface area contributed by atoms with Gasteiger partial charge in [0.15, 0.2) is 11.0 Å². The number of rotatable bonds is 6. The predicted molar refractivity (Wildman–Crippen MR) is 122 cm³/mol. The number of carbonyl (C=O) groups excluding carboxylic acids is 1. The maximum Gasteiger partial charge on any atom is 0.255 e. The topological polar surface area (TPSA) is 59.8 Å². The zero-order chi connectivity index (χ0) is 21.8. The van der Waals surface area contributed by atoms with E-state index in [-0.39, 0.29) is 11.7 Å². The van der Waals surface area contributed by atoms with Gasteiger partial charge in [-0.25, -0.2) is 4.39 Å². The van der Waals surface area contributed by atoms with Crippen molar-refractivity contribution >= 4 is 23.4 Å². The van der Waals surface area contributed by atoms with E-state index >= 15 is 0 Å². The third-order valence-corrected chi connectivity index (χ3v) is 5.88. The molecule has 1 heterocycles. The van der Waals surface area contributed by atoms with Crippen molar-refractivity contribution in [2.45, 2.75) is 17.8 Å². The number of nitrogens with one attached hydrogen (secondary N) is 1. The Bertz CT molecular complexity index is 1200. The Hall–Kier alpha value is -3.45. The van der Waals surface area contributed by atoms with Gasteiger partial charge in [-0.2, -0.15) is 0 Å². The second kappa shape index (κ2) is 9.14. The molecular formula is C24H21FN4OS. The van der Waals surface area contributed by atoms with Crippen molar-refractivity contribution in [1.29, 1.82) is 0 Å². The van der Waals surface area contributed by atoms with E-state index in [0.29, 0.717) is 11.3 Å². The number of halogens is 1. The van der Waals surface area contributed by atoms with Gasteiger partial charge in [-0.05, 0) is 61.0 Å². The molecule has 0 aliphatic rings. The van der Waals surface area contributed by atoms with Crippen LogP contribution in [0.25, 0.3) is 11.4 Å². The molecule has 1 aromatic heterocycles. The van der Waals surface area contributed by atoms with Crippen LogP contribution in [-0.4, -0.2) is 20.7 Å². The van der Waals surface area contributed by atoms with E-state index in [1.54, 1.807) is 11.8 Å². The lowest BCUT2D eigenvalue weighted by Gasteiger charge is -2.07. The largest absolute Gasteiger partial charge is 0.322 e. The third kappa shape index (κ3) is 5.00. The Morgan fingerprint density at radius 2 is 1.77 bits per heavy atom. The van der Waals surface area contributed by atoms with Crippen molar-refractivity contribution in [3.05, 3.63) is 95.3 Å². The van der Waals surface area contributed by atoms with Crippen LogP contribution >= 0.6 is 11.8 Å². The second-order valence-corrected chi connectivity index (χ2v) is 8.12. The minimum atomic E-state index is -0.374. The van der Waals surface area contributed by atoms with E-state index in [1.807, 2.05) is 35.9 Å². The number of aromatic nitrogens is 3. The number of amides is 1. The van der Waals surface area contributed by atoms with Crippen molar-refractivity contribution in [3.63, 3.8) is 0 Å². The number of thioether (sulfide) groups is 1. The first kappa shape index (κ1) is 20.8. The third-order valence-electron chi connectivity index (χ3n) is 4.79. The number of anilines is 1. The Balaban J connectivity index is 1.43. The molecule has 31 heavy (non-hydrogen) atoms. The molecule has 1 amide bonds. The van der Waals surface area contributed by atoms with Crippen LogP contribution in [0.4, 0.5) is 10.1 Å². The van der Waals surface area contributed by atoms with E-state index in [1.165, 1.54) is 35.4 Å². The SMILES string of the molecule is Cc1cccc(CSc2nnc(-c3ccc(NC(=O)c4ccc(F)cc4)cc3)n2C)c1.